The monoisotopic (exact) mass is 587 g/mol. The molecular weight excluding hydrogens is 554 g/mol. The molecule has 44 heavy (non-hydrogen) atoms. The van der Waals surface area contributed by atoms with E-state index in [1.165, 1.54) is 7.11 Å². The number of aromatic nitrogens is 2. The minimum atomic E-state index is -0.857. The van der Waals surface area contributed by atoms with E-state index < -0.39 is 23.8 Å². The van der Waals surface area contributed by atoms with Crippen molar-refractivity contribution in [1.29, 1.82) is 0 Å². The van der Waals surface area contributed by atoms with Gasteiger partial charge in [-0.2, -0.15) is 0 Å². The molecule has 0 spiro atoms. The number of methoxy groups -OCH3 is 1. The molecule has 3 aromatic carbocycles. The molecule has 1 aromatic heterocycles. The molecule has 2 unspecified atom stereocenters. The summed E-state index contributed by atoms with van der Waals surface area (Å²) in [5, 5.41) is 0. The van der Waals surface area contributed by atoms with Crippen molar-refractivity contribution in [3.63, 3.8) is 0 Å². The van der Waals surface area contributed by atoms with E-state index >= 15 is 0 Å². The van der Waals surface area contributed by atoms with Gasteiger partial charge in [0.15, 0.2) is 5.78 Å². The Balaban J connectivity index is 1.36. The molecule has 0 saturated carbocycles. The largest absolute Gasteiger partial charge is 0.468 e. The van der Waals surface area contributed by atoms with Crippen molar-refractivity contribution < 1.29 is 23.9 Å². The molecule has 4 aromatic rings. The molecule has 0 fully saturated rings. The van der Waals surface area contributed by atoms with Crippen molar-refractivity contribution in [2.75, 3.05) is 13.7 Å². The number of hydrogen-bond donors (Lipinski definition) is 0. The van der Waals surface area contributed by atoms with Gasteiger partial charge in [-0.3, -0.25) is 14.6 Å². The Kier molecular flexibility index (Phi) is 9.40. The average Bonchev–Trinajstić information content (AvgIpc) is 3.56. The average molecular weight is 588 g/mol. The lowest BCUT2D eigenvalue weighted by Gasteiger charge is -2.31. The third-order valence-corrected chi connectivity index (χ3v) is 7.57. The van der Waals surface area contributed by atoms with Gasteiger partial charge < -0.3 is 14.0 Å². The number of carbonyl (C=O) groups excluding carboxylic acids is 3. The number of ether oxygens (including phenoxy) is 2. The van der Waals surface area contributed by atoms with Crippen molar-refractivity contribution in [2.45, 2.75) is 26.3 Å². The van der Waals surface area contributed by atoms with Crippen molar-refractivity contribution in [3.05, 3.63) is 143 Å². The van der Waals surface area contributed by atoms with E-state index in [0.29, 0.717) is 28.1 Å². The van der Waals surface area contributed by atoms with Crippen molar-refractivity contribution >= 4 is 29.5 Å². The highest BCUT2D eigenvalue weighted by Gasteiger charge is 2.42. The molecule has 8 heteroatoms. The molecule has 222 valence electrons. The summed E-state index contributed by atoms with van der Waals surface area (Å²) >= 11 is 0. The number of imidazole rings is 1. The molecular formula is C36H33N3O5. The fraction of sp³-hybridized carbons (Fsp3) is 0.194. The number of nitrogens with zero attached hydrogens (tertiary/aromatic N) is 3. The maximum Gasteiger partial charge on any atom is 0.336 e. The second kappa shape index (κ2) is 13.7. The summed E-state index contributed by atoms with van der Waals surface area (Å²) in [5.41, 5.74) is 4.95. The summed E-state index contributed by atoms with van der Waals surface area (Å²) in [6.45, 7) is 4.22. The van der Waals surface area contributed by atoms with Crippen LogP contribution in [-0.4, -0.2) is 46.7 Å². The number of hydrogen-bond acceptors (Lipinski definition) is 7. The molecule has 5 rings (SSSR count). The molecule has 8 nitrogen and oxygen atoms in total. The van der Waals surface area contributed by atoms with Crippen LogP contribution >= 0.6 is 0 Å². The Morgan fingerprint density at radius 2 is 1.68 bits per heavy atom. The Hall–Kier alpha value is -5.37. The van der Waals surface area contributed by atoms with Gasteiger partial charge in [0.25, 0.3) is 0 Å². The van der Waals surface area contributed by atoms with Gasteiger partial charge in [-0.1, -0.05) is 78.9 Å². The first kappa shape index (κ1) is 30.1. The first-order valence-corrected chi connectivity index (χ1v) is 14.3. The fourth-order valence-corrected chi connectivity index (χ4v) is 5.44. The van der Waals surface area contributed by atoms with Crippen LogP contribution < -0.4 is 0 Å². The number of ketones is 1. The zero-order valence-corrected chi connectivity index (χ0v) is 24.8. The Morgan fingerprint density at radius 1 is 0.932 bits per heavy atom. The number of rotatable bonds is 10. The Morgan fingerprint density at radius 3 is 2.39 bits per heavy atom. The van der Waals surface area contributed by atoms with E-state index in [2.05, 4.69) is 9.98 Å². The van der Waals surface area contributed by atoms with Gasteiger partial charge in [-0.05, 0) is 42.7 Å². The summed E-state index contributed by atoms with van der Waals surface area (Å²) < 4.78 is 12.8. The van der Waals surface area contributed by atoms with Crippen molar-refractivity contribution in [3.8, 4) is 0 Å². The summed E-state index contributed by atoms with van der Waals surface area (Å²) in [6.07, 6.45) is 9.08. The zero-order valence-electron chi connectivity index (χ0n) is 24.8. The number of carbonyl (C=O) groups is 3. The first-order chi connectivity index (χ1) is 21.4. The Bertz CT molecular complexity index is 1740. The molecule has 0 radical (unpaired) electrons. The van der Waals surface area contributed by atoms with Crippen LogP contribution in [0, 0.1) is 5.92 Å². The van der Waals surface area contributed by atoms with E-state index in [1.807, 2.05) is 47.2 Å². The van der Waals surface area contributed by atoms with Crippen LogP contribution in [0.2, 0.25) is 0 Å². The van der Waals surface area contributed by atoms with Crippen LogP contribution in [0.4, 0.5) is 0 Å². The van der Waals surface area contributed by atoms with Crippen LogP contribution in [0.15, 0.2) is 120 Å². The van der Waals surface area contributed by atoms with Crippen LogP contribution in [0.1, 0.15) is 52.4 Å². The summed E-state index contributed by atoms with van der Waals surface area (Å²) in [5.74, 6) is -2.87. The number of benzene rings is 3. The van der Waals surface area contributed by atoms with Gasteiger partial charge in [-0.25, -0.2) is 9.78 Å². The highest BCUT2D eigenvalue weighted by molar-refractivity contribution is 6.10. The molecule has 0 bridgehead atoms. The van der Waals surface area contributed by atoms with Crippen LogP contribution in [-0.2, 0) is 25.6 Å². The number of allylic oxidation sites excluding steroid dienone is 1. The summed E-state index contributed by atoms with van der Waals surface area (Å²) in [4.78, 5) is 48.5. The van der Waals surface area contributed by atoms with Gasteiger partial charge in [-0.15, -0.1) is 0 Å². The normalized spacial score (nSPS) is 16.5. The predicted molar refractivity (Wildman–Crippen MR) is 168 cm³/mol. The molecule has 0 amide bonds. The third-order valence-electron chi connectivity index (χ3n) is 7.57. The van der Waals surface area contributed by atoms with Gasteiger partial charge >= 0.3 is 11.9 Å². The molecule has 0 aliphatic carbocycles. The van der Waals surface area contributed by atoms with E-state index in [1.54, 1.807) is 81.0 Å². The smallest absolute Gasteiger partial charge is 0.336 e. The van der Waals surface area contributed by atoms with Crippen LogP contribution in [0.25, 0.3) is 6.08 Å². The number of aliphatic imine (C=N–C) groups is 1. The van der Waals surface area contributed by atoms with E-state index in [4.69, 9.17) is 9.47 Å². The van der Waals surface area contributed by atoms with Crippen LogP contribution in [0.5, 0.6) is 0 Å². The van der Waals surface area contributed by atoms with Crippen LogP contribution in [0.3, 0.4) is 0 Å². The third kappa shape index (κ3) is 6.81. The highest BCUT2D eigenvalue weighted by Crippen LogP contribution is 2.40. The van der Waals surface area contributed by atoms with Gasteiger partial charge in [0.2, 0.25) is 0 Å². The van der Waals surface area contributed by atoms with Gasteiger partial charge in [0.05, 0.1) is 19.0 Å². The van der Waals surface area contributed by atoms with Gasteiger partial charge in [0.1, 0.15) is 12.5 Å². The van der Waals surface area contributed by atoms with Gasteiger partial charge in [0, 0.05) is 47.4 Å². The lowest BCUT2D eigenvalue weighted by molar-refractivity contribution is -0.143. The fourth-order valence-electron chi connectivity index (χ4n) is 5.44. The SMILES string of the molecule is COC(=O)C1C(C)=NC(C)=C(C(=O)OCC=Cc2ccc(Cn3ccnc3)cc2)C1c1cccc(C(=O)c2ccccc2)c1. The van der Waals surface area contributed by atoms with E-state index in [0.717, 1.165) is 17.7 Å². The molecule has 2 heterocycles. The summed E-state index contributed by atoms with van der Waals surface area (Å²) in [6, 6.07) is 24.0. The minimum absolute atomic E-state index is 0.0250. The Labute approximate surface area is 256 Å². The second-order valence-electron chi connectivity index (χ2n) is 10.5. The molecule has 0 saturated heterocycles. The van der Waals surface area contributed by atoms with E-state index in [-0.39, 0.29) is 18.0 Å². The first-order valence-electron chi connectivity index (χ1n) is 14.3. The second-order valence-corrected chi connectivity index (χ2v) is 10.5. The lowest BCUT2D eigenvalue weighted by atomic mass is 9.75. The maximum atomic E-state index is 13.6. The maximum absolute atomic E-state index is 13.6. The number of esters is 2. The zero-order chi connectivity index (χ0) is 31.1. The molecule has 1 aliphatic heterocycles. The molecule has 0 N–H and O–H groups in total. The minimum Gasteiger partial charge on any atom is -0.468 e. The quantitative estimate of drug-likeness (QED) is 0.166. The standard InChI is InChI=1S/C36H33N3O5/c1-24-31(35(41)43-3)33(29-12-7-13-30(21-29)34(40)28-10-5-4-6-11-28)32(25(2)38-24)36(42)44-20-8-9-26-14-16-27(17-15-26)22-39-19-18-37-23-39/h4-19,21,23,31,33H,20,22H2,1-3H3. The lowest BCUT2D eigenvalue weighted by Crippen LogP contribution is -2.36. The molecule has 2 atom stereocenters. The summed E-state index contributed by atoms with van der Waals surface area (Å²) in [7, 11) is 1.31. The van der Waals surface area contributed by atoms with Crippen molar-refractivity contribution in [2.24, 2.45) is 10.9 Å². The van der Waals surface area contributed by atoms with E-state index in [9.17, 15) is 14.4 Å². The molecule has 1 aliphatic rings. The predicted octanol–water partition coefficient (Wildman–Crippen LogP) is 6.04. The topological polar surface area (TPSA) is 99.8 Å². The van der Waals surface area contributed by atoms with Crippen molar-refractivity contribution in [1.82, 2.24) is 9.55 Å². The highest BCUT2D eigenvalue weighted by atomic mass is 16.5.